The highest BCUT2D eigenvalue weighted by atomic mass is 35.5. The molecule has 57 heavy (non-hydrogen) atoms. The number of carbonyl (C=O) groups is 1. The number of allylic oxidation sites excluding steroid dienone is 1. The van der Waals surface area contributed by atoms with Gasteiger partial charge in [0.1, 0.15) is 37.4 Å². The van der Waals surface area contributed by atoms with Gasteiger partial charge in [-0.1, -0.05) is 85.3 Å². The quantitative estimate of drug-likeness (QED) is 0.0475. The number of aliphatic hydroxyl groups excluding tert-OH is 2. The summed E-state index contributed by atoms with van der Waals surface area (Å²) >= 11 is 6.11. The van der Waals surface area contributed by atoms with Crippen LogP contribution in [0.15, 0.2) is 103 Å². The normalized spacial score (nSPS) is 24.1. The van der Waals surface area contributed by atoms with Gasteiger partial charge < -0.3 is 34.0 Å². The number of alkyl halides is 1. The van der Waals surface area contributed by atoms with Gasteiger partial charge in [0.25, 0.3) is 0 Å². The predicted octanol–water partition coefficient (Wildman–Crippen LogP) is 8.94. The molecule has 2 aliphatic carbocycles. The van der Waals surface area contributed by atoms with Crippen molar-refractivity contribution in [3.8, 4) is 11.5 Å². The number of oxime groups is 1. The van der Waals surface area contributed by atoms with E-state index in [0.29, 0.717) is 37.6 Å². The second-order valence-electron chi connectivity index (χ2n) is 14.9. The summed E-state index contributed by atoms with van der Waals surface area (Å²) in [7, 11) is 0. The minimum atomic E-state index is -1.43. The summed E-state index contributed by atoms with van der Waals surface area (Å²) in [6.45, 7) is 11.1. The van der Waals surface area contributed by atoms with E-state index < -0.39 is 23.8 Å². The molecule has 0 radical (unpaired) electrons. The standard InChI is InChI=1S/C46H57ClN2O8/c1-4-25-53-35-20-21-41-39(29-35)43-37(19-10-12-24-51)33(15-9-11-23-50)28-38-40(48-56-6-3)30-42(46(57-41,44(38)43)55-26-5-2)49(45(52)54-27-22-47)31-34-17-13-16-32-14-7-8-18-36(32)34/h4-5,7-8,13-14,16-18,20-21,28-29,33,37,42-44,50-51H,1-2,6,9-12,15,19,22-27,30-31H2,3H3/t33-,37+,42-,43+,44+,46+/m0/s1. The lowest BCUT2D eigenvalue weighted by Crippen LogP contribution is -2.70. The molecule has 1 amide bonds. The van der Waals surface area contributed by atoms with Crippen molar-refractivity contribution in [2.45, 2.75) is 76.2 Å². The number of fused-ring (bicyclic) bond motifs is 3. The molecular weight excluding hydrogens is 744 g/mol. The highest BCUT2D eigenvalue weighted by Gasteiger charge is 2.65. The number of carbonyl (C=O) groups excluding carboxylic acids is 1. The molecule has 3 aromatic rings. The molecule has 6 atom stereocenters. The maximum atomic E-state index is 14.6. The van der Waals surface area contributed by atoms with Crippen LogP contribution in [0.25, 0.3) is 10.8 Å². The molecule has 6 rings (SSSR count). The molecule has 1 saturated carbocycles. The van der Waals surface area contributed by atoms with E-state index in [1.807, 2.05) is 43.3 Å². The molecule has 0 bridgehead atoms. The number of halogens is 1. The Labute approximate surface area is 341 Å². The molecule has 0 saturated heterocycles. The fourth-order valence-electron chi connectivity index (χ4n) is 9.16. The molecule has 3 aromatic carbocycles. The third kappa shape index (κ3) is 9.20. The Kier molecular flexibility index (Phi) is 15.1. The van der Waals surface area contributed by atoms with Crippen LogP contribution in [0, 0.1) is 17.8 Å². The van der Waals surface area contributed by atoms with Crippen LogP contribution in [0.4, 0.5) is 4.79 Å². The Morgan fingerprint density at radius 2 is 1.79 bits per heavy atom. The lowest BCUT2D eigenvalue weighted by molar-refractivity contribution is -0.256. The first-order chi connectivity index (χ1) is 27.9. The molecule has 306 valence electrons. The highest BCUT2D eigenvalue weighted by Crippen LogP contribution is 2.62. The van der Waals surface area contributed by atoms with Crippen LogP contribution in [0.5, 0.6) is 11.5 Å². The average molecular weight is 801 g/mol. The second kappa shape index (κ2) is 20.4. The summed E-state index contributed by atoms with van der Waals surface area (Å²) in [5.41, 5.74) is 3.59. The fourth-order valence-corrected chi connectivity index (χ4v) is 9.24. The molecule has 0 spiro atoms. The van der Waals surface area contributed by atoms with Crippen LogP contribution in [0.2, 0.25) is 0 Å². The van der Waals surface area contributed by atoms with Crippen molar-refractivity contribution in [1.82, 2.24) is 4.90 Å². The molecule has 0 unspecified atom stereocenters. The topological polar surface area (TPSA) is 119 Å². The first-order valence-corrected chi connectivity index (χ1v) is 20.9. The Bertz CT molecular complexity index is 1890. The molecule has 0 aromatic heterocycles. The summed E-state index contributed by atoms with van der Waals surface area (Å²) in [5.74, 6) is -0.412. The first kappa shape index (κ1) is 42.3. The highest BCUT2D eigenvalue weighted by molar-refractivity contribution is 6.18. The van der Waals surface area contributed by atoms with Gasteiger partial charge in [-0.2, -0.15) is 0 Å². The van der Waals surface area contributed by atoms with Gasteiger partial charge in [0.15, 0.2) is 0 Å². The predicted molar refractivity (Wildman–Crippen MR) is 224 cm³/mol. The molecule has 3 aliphatic rings. The summed E-state index contributed by atoms with van der Waals surface area (Å²) in [6.07, 6.45) is 10.2. The number of aliphatic hydroxyl groups is 2. The SMILES string of the molecule is C=CCOc1ccc2c(c1)[C@H]1[C@H](CCCCO)[C@@H](CCCCO)C=C3C(=NOCC)C[C@H](N(Cc4cccc5ccccc45)C(=O)OCCCl)[C@@](OCC=C)(O2)[C@H]31. The molecule has 1 fully saturated rings. The van der Waals surface area contributed by atoms with Crippen LogP contribution in [0.1, 0.15) is 68.9 Å². The molecule has 1 heterocycles. The van der Waals surface area contributed by atoms with Crippen LogP contribution < -0.4 is 9.47 Å². The number of hydrogen-bond acceptors (Lipinski definition) is 9. The van der Waals surface area contributed by atoms with Crippen LogP contribution >= 0.6 is 11.6 Å². The van der Waals surface area contributed by atoms with Crippen molar-refractivity contribution in [2.75, 3.05) is 45.5 Å². The van der Waals surface area contributed by atoms with Gasteiger partial charge >= 0.3 is 6.09 Å². The van der Waals surface area contributed by atoms with Gasteiger partial charge in [-0.3, -0.25) is 4.90 Å². The maximum absolute atomic E-state index is 14.6. The number of nitrogens with zero attached hydrogens (tertiary/aromatic N) is 2. The van der Waals surface area contributed by atoms with Crippen molar-refractivity contribution in [3.63, 3.8) is 0 Å². The molecule has 2 N–H and O–H groups in total. The molecular formula is C46H57ClN2O8. The zero-order valence-corrected chi connectivity index (χ0v) is 33.8. The Balaban J connectivity index is 1.61. The third-order valence-electron chi connectivity index (χ3n) is 11.5. The molecule has 11 heteroatoms. The summed E-state index contributed by atoms with van der Waals surface area (Å²) in [6, 6.07) is 19.4. The molecule has 1 aliphatic heterocycles. The van der Waals surface area contributed by atoms with E-state index in [9.17, 15) is 15.0 Å². The van der Waals surface area contributed by atoms with Crippen molar-refractivity contribution >= 4 is 34.2 Å². The van der Waals surface area contributed by atoms with Gasteiger partial charge in [-0.15, -0.1) is 18.2 Å². The summed E-state index contributed by atoms with van der Waals surface area (Å²) in [5, 5.41) is 26.6. The van der Waals surface area contributed by atoms with Crippen LogP contribution in [-0.2, 0) is 20.9 Å². The van der Waals surface area contributed by atoms with Crippen LogP contribution in [0.3, 0.4) is 0 Å². The smallest absolute Gasteiger partial charge is 0.410 e. The zero-order chi connectivity index (χ0) is 40.2. The maximum Gasteiger partial charge on any atom is 0.410 e. The Hall–Kier alpha value is -4.35. The third-order valence-corrected chi connectivity index (χ3v) is 11.6. The largest absolute Gasteiger partial charge is 0.490 e. The van der Waals surface area contributed by atoms with E-state index in [1.54, 1.807) is 17.1 Å². The van der Waals surface area contributed by atoms with E-state index in [2.05, 4.69) is 43.5 Å². The van der Waals surface area contributed by atoms with Gasteiger partial charge in [-0.05, 0) is 84.6 Å². The van der Waals surface area contributed by atoms with Crippen molar-refractivity contribution in [2.24, 2.45) is 22.9 Å². The van der Waals surface area contributed by atoms with Crippen molar-refractivity contribution in [1.29, 1.82) is 0 Å². The van der Waals surface area contributed by atoms with Gasteiger partial charge in [0, 0.05) is 31.1 Å². The molecule has 10 nitrogen and oxygen atoms in total. The number of rotatable bonds is 21. The zero-order valence-electron chi connectivity index (χ0n) is 33.0. The second-order valence-corrected chi connectivity index (χ2v) is 15.2. The monoisotopic (exact) mass is 800 g/mol. The van der Waals surface area contributed by atoms with E-state index in [4.69, 9.17) is 40.5 Å². The van der Waals surface area contributed by atoms with Crippen molar-refractivity contribution < 1.29 is 38.8 Å². The average Bonchev–Trinajstić information content (AvgIpc) is 3.23. The summed E-state index contributed by atoms with van der Waals surface area (Å²) < 4.78 is 26.4. The first-order valence-electron chi connectivity index (χ1n) is 20.3. The Morgan fingerprint density at radius 1 is 1.02 bits per heavy atom. The van der Waals surface area contributed by atoms with Crippen molar-refractivity contribution in [3.05, 3.63) is 109 Å². The fraction of sp³-hybridized carbons (Fsp3) is 0.478. The number of unbranched alkanes of at least 4 members (excludes halogenated alkanes) is 2. The minimum Gasteiger partial charge on any atom is -0.490 e. The lowest BCUT2D eigenvalue weighted by Gasteiger charge is -2.59. The van der Waals surface area contributed by atoms with Gasteiger partial charge in [0.05, 0.1) is 30.7 Å². The number of ether oxygens (including phenoxy) is 4. The lowest BCUT2D eigenvalue weighted by atomic mass is 9.55. The van der Waals surface area contributed by atoms with Crippen LogP contribution in [-0.4, -0.2) is 84.3 Å². The number of benzene rings is 3. The minimum absolute atomic E-state index is 0.0242. The van der Waals surface area contributed by atoms with E-state index in [1.165, 1.54) is 0 Å². The van der Waals surface area contributed by atoms with Gasteiger partial charge in [-0.25, -0.2) is 4.79 Å². The Morgan fingerprint density at radius 3 is 2.54 bits per heavy atom. The van der Waals surface area contributed by atoms with E-state index in [-0.39, 0.29) is 63.0 Å². The van der Waals surface area contributed by atoms with E-state index in [0.717, 1.165) is 58.9 Å². The van der Waals surface area contributed by atoms with Gasteiger partial charge in [0.2, 0.25) is 5.79 Å². The summed E-state index contributed by atoms with van der Waals surface area (Å²) in [4.78, 5) is 22.2. The number of hydrogen-bond donors (Lipinski definition) is 2. The number of amides is 1. The van der Waals surface area contributed by atoms with E-state index >= 15 is 0 Å².